The SMILES string of the molecule is CCn1nccc1N=Cc1c(O)[nH]c2ncc(-c3ccccc3)cc12. The first-order chi connectivity index (χ1) is 12.3. The summed E-state index contributed by atoms with van der Waals surface area (Å²) in [5.74, 6) is 0.794. The third-order valence-corrected chi connectivity index (χ3v) is 4.10. The van der Waals surface area contributed by atoms with E-state index in [0.717, 1.165) is 28.9 Å². The molecule has 0 bridgehead atoms. The molecule has 0 aliphatic rings. The Morgan fingerprint density at radius 2 is 2.04 bits per heavy atom. The van der Waals surface area contributed by atoms with Gasteiger partial charge in [-0.3, -0.25) is 0 Å². The van der Waals surface area contributed by atoms with E-state index in [0.29, 0.717) is 11.2 Å². The first-order valence-electron chi connectivity index (χ1n) is 8.08. The van der Waals surface area contributed by atoms with Crippen molar-refractivity contribution in [3.05, 3.63) is 60.4 Å². The van der Waals surface area contributed by atoms with E-state index in [2.05, 4.69) is 20.1 Å². The summed E-state index contributed by atoms with van der Waals surface area (Å²) in [6, 6.07) is 13.9. The summed E-state index contributed by atoms with van der Waals surface area (Å²) in [6.07, 6.45) is 5.15. The van der Waals surface area contributed by atoms with E-state index in [9.17, 15) is 5.11 Å². The number of pyridine rings is 1. The summed E-state index contributed by atoms with van der Waals surface area (Å²) >= 11 is 0. The van der Waals surface area contributed by atoms with Crippen LogP contribution in [0.4, 0.5) is 5.82 Å². The van der Waals surface area contributed by atoms with Crippen LogP contribution in [0.3, 0.4) is 0 Å². The van der Waals surface area contributed by atoms with Gasteiger partial charge in [0.15, 0.2) is 5.88 Å². The van der Waals surface area contributed by atoms with Crippen molar-refractivity contribution in [1.29, 1.82) is 0 Å². The van der Waals surface area contributed by atoms with Crippen LogP contribution in [0.1, 0.15) is 12.5 Å². The number of aromatic amines is 1. The summed E-state index contributed by atoms with van der Waals surface area (Å²) in [4.78, 5) is 11.8. The Morgan fingerprint density at radius 3 is 2.84 bits per heavy atom. The molecule has 0 radical (unpaired) electrons. The number of aromatic hydroxyl groups is 1. The lowest BCUT2D eigenvalue weighted by Crippen LogP contribution is -1.94. The van der Waals surface area contributed by atoms with Gasteiger partial charge in [-0.25, -0.2) is 14.7 Å². The number of H-pyrrole nitrogens is 1. The highest BCUT2D eigenvalue weighted by Crippen LogP contribution is 2.29. The van der Waals surface area contributed by atoms with E-state index in [1.54, 1.807) is 23.3 Å². The lowest BCUT2D eigenvalue weighted by molar-refractivity contribution is 0.457. The molecule has 124 valence electrons. The first kappa shape index (κ1) is 15.1. The van der Waals surface area contributed by atoms with Crippen molar-refractivity contribution in [2.24, 2.45) is 4.99 Å². The number of fused-ring (bicyclic) bond motifs is 1. The lowest BCUT2D eigenvalue weighted by Gasteiger charge is -2.01. The highest BCUT2D eigenvalue weighted by atomic mass is 16.3. The molecule has 25 heavy (non-hydrogen) atoms. The zero-order valence-corrected chi connectivity index (χ0v) is 13.7. The average molecular weight is 331 g/mol. The molecule has 6 nitrogen and oxygen atoms in total. The van der Waals surface area contributed by atoms with Gasteiger partial charge >= 0.3 is 0 Å². The van der Waals surface area contributed by atoms with Crippen molar-refractivity contribution >= 4 is 23.1 Å². The molecule has 3 aromatic heterocycles. The summed E-state index contributed by atoms with van der Waals surface area (Å²) < 4.78 is 1.79. The molecule has 0 unspecified atom stereocenters. The quantitative estimate of drug-likeness (QED) is 0.557. The third-order valence-electron chi connectivity index (χ3n) is 4.10. The Morgan fingerprint density at radius 1 is 1.20 bits per heavy atom. The molecule has 0 aliphatic carbocycles. The van der Waals surface area contributed by atoms with Crippen molar-refractivity contribution in [2.75, 3.05) is 0 Å². The fourth-order valence-electron chi connectivity index (χ4n) is 2.81. The molecule has 4 aromatic rings. The number of aromatic nitrogens is 4. The van der Waals surface area contributed by atoms with Crippen LogP contribution in [0.15, 0.2) is 59.9 Å². The first-order valence-corrected chi connectivity index (χ1v) is 8.08. The van der Waals surface area contributed by atoms with E-state index < -0.39 is 0 Å². The Bertz CT molecular complexity index is 1050. The third kappa shape index (κ3) is 2.78. The van der Waals surface area contributed by atoms with Crippen LogP contribution in [0, 0.1) is 0 Å². The van der Waals surface area contributed by atoms with Gasteiger partial charge in [0.25, 0.3) is 0 Å². The van der Waals surface area contributed by atoms with Crippen LogP contribution in [-0.2, 0) is 6.54 Å². The lowest BCUT2D eigenvalue weighted by atomic mass is 10.1. The molecule has 0 saturated carbocycles. The fourth-order valence-corrected chi connectivity index (χ4v) is 2.81. The monoisotopic (exact) mass is 331 g/mol. The van der Waals surface area contributed by atoms with E-state index in [1.807, 2.05) is 49.4 Å². The number of aryl methyl sites for hydroxylation is 1. The van der Waals surface area contributed by atoms with Gasteiger partial charge in [-0.15, -0.1) is 0 Å². The second kappa shape index (κ2) is 6.24. The van der Waals surface area contributed by atoms with Crippen molar-refractivity contribution in [3.63, 3.8) is 0 Å². The number of hydrogen-bond acceptors (Lipinski definition) is 4. The van der Waals surface area contributed by atoms with Crippen LogP contribution in [0.2, 0.25) is 0 Å². The topological polar surface area (TPSA) is 79.1 Å². The second-order valence-corrected chi connectivity index (χ2v) is 5.64. The van der Waals surface area contributed by atoms with Crippen LogP contribution in [0.25, 0.3) is 22.2 Å². The van der Waals surface area contributed by atoms with Crippen molar-refractivity contribution in [3.8, 4) is 17.0 Å². The average Bonchev–Trinajstić information content (AvgIpc) is 3.23. The highest BCUT2D eigenvalue weighted by Gasteiger charge is 2.12. The maximum atomic E-state index is 10.2. The number of nitrogens with zero attached hydrogens (tertiary/aromatic N) is 4. The maximum Gasteiger partial charge on any atom is 0.199 e. The molecule has 6 heteroatoms. The Kier molecular flexibility index (Phi) is 3.78. The Hall–Kier alpha value is -3.41. The molecule has 4 rings (SSSR count). The summed E-state index contributed by atoms with van der Waals surface area (Å²) in [5, 5.41) is 15.3. The van der Waals surface area contributed by atoms with Gasteiger partial charge in [0.1, 0.15) is 11.5 Å². The predicted octanol–water partition coefficient (Wildman–Crippen LogP) is 3.90. The Balaban J connectivity index is 1.79. The van der Waals surface area contributed by atoms with Crippen LogP contribution in [0.5, 0.6) is 5.88 Å². The standard InChI is InChI=1S/C19H17N5O/c1-2-24-17(8-9-22-24)20-12-16-15-10-14(13-6-4-3-5-7-13)11-21-18(15)23-19(16)25/h3-12,25H,2H2,1H3,(H,21,23). The molecule has 0 saturated heterocycles. The molecule has 2 N–H and O–H groups in total. The van der Waals surface area contributed by atoms with Crippen molar-refractivity contribution < 1.29 is 5.11 Å². The van der Waals surface area contributed by atoms with E-state index in [1.165, 1.54) is 0 Å². The smallest absolute Gasteiger partial charge is 0.199 e. The minimum absolute atomic E-state index is 0.0547. The molecular weight excluding hydrogens is 314 g/mol. The summed E-state index contributed by atoms with van der Waals surface area (Å²) in [5.41, 5.74) is 3.30. The van der Waals surface area contributed by atoms with Crippen molar-refractivity contribution in [2.45, 2.75) is 13.5 Å². The number of aliphatic imine (C=N–C) groups is 1. The van der Waals surface area contributed by atoms with Gasteiger partial charge in [-0.05, 0) is 18.6 Å². The highest BCUT2D eigenvalue weighted by molar-refractivity contribution is 6.02. The molecule has 3 heterocycles. The molecule has 0 fully saturated rings. The number of hydrogen-bond donors (Lipinski definition) is 2. The Labute approximate surface area is 144 Å². The van der Waals surface area contributed by atoms with Crippen LogP contribution in [-0.4, -0.2) is 31.1 Å². The number of nitrogens with one attached hydrogen (secondary N) is 1. The summed E-state index contributed by atoms with van der Waals surface area (Å²) in [6.45, 7) is 2.74. The van der Waals surface area contributed by atoms with Gasteiger partial charge in [0.05, 0.1) is 11.8 Å². The van der Waals surface area contributed by atoms with Gasteiger partial charge in [0, 0.05) is 36.0 Å². The molecule has 1 aromatic carbocycles. The zero-order chi connectivity index (χ0) is 17.2. The second-order valence-electron chi connectivity index (χ2n) is 5.64. The normalized spacial score (nSPS) is 11.6. The molecule has 0 atom stereocenters. The fraction of sp³-hybridized carbons (Fsp3) is 0.105. The largest absolute Gasteiger partial charge is 0.494 e. The molecular formula is C19H17N5O. The van der Waals surface area contributed by atoms with Crippen molar-refractivity contribution in [1.82, 2.24) is 19.7 Å². The van der Waals surface area contributed by atoms with Gasteiger partial charge < -0.3 is 10.1 Å². The maximum absolute atomic E-state index is 10.2. The molecule has 0 spiro atoms. The number of rotatable bonds is 4. The van der Waals surface area contributed by atoms with Gasteiger partial charge in [0.2, 0.25) is 0 Å². The minimum atomic E-state index is 0.0547. The zero-order valence-electron chi connectivity index (χ0n) is 13.7. The minimum Gasteiger partial charge on any atom is -0.494 e. The van der Waals surface area contributed by atoms with Gasteiger partial charge in [-0.1, -0.05) is 30.3 Å². The summed E-state index contributed by atoms with van der Waals surface area (Å²) in [7, 11) is 0. The van der Waals surface area contributed by atoms with Crippen LogP contribution < -0.4 is 0 Å². The molecule has 0 aliphatic heterocycles. The van der Waals surface area contributed by atoms with Gasteiger partial charge in [-0.2, -0.15) is 5.10 Å². The molecule has 0 amide bonds. The predicted molar refractivity (Wildman–Crippen MR) is 98.3 cm³/mol. The van der Waals surface area contributed by atoms with E-state index >= 15 is 0 Å². The van der Waals surface area contributed by atoms with Crippen LogP contribution >= 0.6 is 0 Å². The van der Waals surface area contributed by atoms with E-state index in [4.69, 9.17) is 0 Å². The van der Waals surface area contributed by atoms with E-state index in [-0.39, 0.29) is 5.88 Å². The number of benzene rings is 1.